The van der Waals surface area contributed by atoms with Crippen LogP contribution >= 0.6 is 0 Å². The molecule has 4 rings (SSSR count). The normalized spacial score (nSPS) is 24.2. The first-order chi connectivity index (χ1) is 10.1. The second-order valence-electron chi connectivity index (χ2n) is 6.27. The molecule has 0 fully saturated rings. The zero-order valence-electron chi connectivity index (χ0n) is 12.6. The Morgan fingerprint density at radius 1 is 1.24 bits per heavy atom. The fourth-order valence-electron chi connectivity index (χ4n) is 3.47. The van der Waals surface area contributed by atoms with Gasteiger partial charge in [0.25, 0.3) is 0 Å². The molecule has 1 aromatic heterocycles. The van der Waals surface area contributed by atoms with E-state index in [0.29, 0.717) is 0 Å². The van der Waals surface area contributed by atoms with Crippen LogP contribution in [0, 0.1) is 6.92 Å². The zero-order chi connectivity index (χ0) is 14.6. The van der Waals surface area contributed by atoms with E-state index >= 15 is 0 Å². The van der Waals surface area contributed by atoms with Gasteiger partial charge in [-0.25, -0.2) is 0 Å². The van der Waals surface area contributed by atoms with Gasteiger partial charge in [0.1, 0.15) is 5.54 Å². The summed E-state index contributed by atoms with van der Waals surface area (Å²) >= 11 is 0. The van der Waals surface area contributed by atoms with Crippen molar-refractivity contribution in [3.63, 3.8) is 0 Å². The molecule has 0 spiro atoms. The summed E-state index contributed by atoms with van der Waals surface area (Å²) in [5, 5.41) is 4.66. The number of allylic oxidation sites excluding steroid dienone is 2. The molecule has 0 saturated heterocycles. The molecule has 1 aliphatic heterocycles. The maximum absolute atomic E-state index is 4.64. The largest absolute Gasteiger partial charge is 0.361 e. The number of nitrogens with one attached hydrogen (secondary N) is 2. The highest BCUT2D eigenvalue weighted by Gasteiger charge is 2.36. The van der Waals surface area contributed by atoms with Crippen molar-refractivity contribution in [1.29, 1.82) is 0 Å². The standard InChI is InChI=1S/C18H19N3/c1-11-8-14(13-5-7-19-15(13)9-11)16-12(2)4-6-18(3)17(16)20-10-21-18/h4-5,7-10,19H,6H2,1-3H3,(H,20,21). The number of hydrogen-bond donors (Lipinski definition) is 2. The van der Waals surface area contributed by atoms with Crippen LogP contribution in [0.5, 0.6) is 0 Å². The third-order valence-corrected chi connectivity index (χ3v) is 4.63. The van der Waals surface area contributed by atoms with Gasteiger partial charge in [-0.05, 0) is 56.0 Å². The van der Waals surface area contributed by atoms with E-state index in [0.717, 1.165) is 6.42 Å². The highest BCUT2D eigenvalue weighted by atomic mass is 15.1. The number of benzene rings is 1. The Kier molecular flexibility index (Phi) is 2.43. The van der Waals surface area contributed by atoms with Crippen molar-refractivity contribution in [1.82, 2.24) is 10.3 Å². The van der Waals surface area contributed by atoms with E-state index in [2.05, 4.69) is 60.3 Å². The number of aromatic amines is 1. The molecule has 0 bridgehead atoms. The Balaban J connectivity index is 2.05. The van der Waals surface area contributed by atoms with Gasteiger partial charge in [-0.2, -0.15) is 0 Å². The lowest BCUT2D eigenvalue weighted by Crippen LogP contribution is -2.29. The van der Waals surface area contributed by atoms with Gasteiger partial charge in [0.2, 0.25) is 0 Å². The average molecular weight is 277 g/mol. The Bertz CT molecular complexity index is 835. The molecule has 1 aliphatic carbocycles. The summed E-state index contributed by atoms with van der Waals surface area (Å²) in [7, 11) is 0. The zero-order valence-corrected chi connectivity index (χ0v) is 12.6. The number of H-pyrrole nitrogens is 1. The van der Waals surface area contributed by atoms with Crippen LogP contribution in [0.2, 0.25) is 0 Å². The fraction of sp³-hybridized carbons (Fsp3) is 0.278. The van der Waals surface area contributed by atoms with E-state index in [4.69, 9.17) is 0 Å². The smallest absolute Gasteiger partial charge is 0.103 e. The van der Waals surface area contributed by atoms with Crippen molar-refractivity contribution < 1.29 is 0 Å². The Morgan fingerprint density at radius 3 is 2.95 bits per heavy atom. The third-order valence-electron chi connectivity index (χ3n) is 4.63. The summed E-state index contributed by atoms with van der Waals surface area (Å²) in [6, 6.07) is 6.64. The van der Waals surface area contributed by atoms with Gasteiger partial charge >= 0.3 is 0 Å². The Hall–Kier alpha value is -2.29. The predicted molar refractivity (Wildman–Crippen MR) is 88.4 cm³/mol. The Morgan fingerprint density at radius 2 is 2.10 bits per heavy atom. The molecule has 3 heteroatoms. The number of aryl methyl sites for hydroxylation is 1. The van der Waals surface area contributed by atoms with Crippen molar-refractivity contribution in [2.24, 2.45) is 4.99 Å². The van der Waals surface area contributed by atoms with Crippen LogP contribution in [0.25, 0.3) is 16.5 Å². The van der Waals surface area contributed by atoms with Crippen LogP contribution in [0.1, 0.15) is 31.4 Å². The van der Waals surface area contributed by atoms with Crippen LogP contribution in [0.15, 0.2) is 46.7 Å². The quantitative estimate of drug-likeness (QED) is 0.814. The van der Waals surface area contributed by atoms with Gasteiger partial charge in [0.05, 0.1) is 12.0 Å². The third kappa shape index (κ3) is 1.70. The molecule has 2 aromatic rings. The van der Waals surface area contributed by atoms with Gasteiger partial charge in [-0.1, -0.05) is 12.1 Å². The number of fused-ring (bicyclic) bond motifs is 2. The summed E-state index contributed by atoms with van der Waals surface area (Å²) in [6.07, 6.45) is 7.12. The van der Waals surface area contributed by atoms with Crippen molar-refractivity contribution in [2.75, 3.05) is 0 Å². The molecule has 2 heterocycles. The van der Waals surface area contributed by atoms with Gasteiger partial charge in [0.15, 0.2) is 0 Å². The van der Waals surface area contributed by atoms with Crippen LogP contribution in [-0.2, 0) is 0 Å². The van der Waals surface area contributed by atoms with Gasteiger partial charge in [-0.15, -0.1) is 0 Å². The highest BCUT2D eigenvalue weighted by Crippen LogP contribution is 2.42. The number of aliphatic imine (C=N–C) groups is 1. The first kappa shape index (κ1) is 12.5. The first-order valence-electron chi connectivity index (χ1n) is 7.39. The van der Waals surface area contributed by atoms with Crippen LogP contribution in [0.4, 0.5) is 0 Å². The lowest BCUT2D eigenvalue weighted by atomic mass is 9.80. The molecule has 0 amide bonds. The van der Waals surface area contributed by atoms with Gasteiger partial charge < -0.3 is 10.3 Å². The lowest BCUT2D eigenvalue weighted by Gasteiger charge is -2.30. The summed E-state index contributed by atoms with van der Waals surface area (Å²) < 4.78 is 0. The molecule has 21 heavy (non-hydrogen) atoms. The Labute approximate surface area is 124 Å². The molecule has 3 nitrogen and oxygen atoms in total. The molecule has 0 radical (unpaired) electrons. The first-order valence-corrected chi connectivity index (χ1v) is 7.39. The SMILES string of the molecule is CC1=CCC2(C)N=CNC2=C1c1cc(C)cc2[nH]ccc12. The minimum atomic E-state index is -0.138. The average Bonchev–Trinajstić information content (AvgIpc) is 3.04. The van der Waals surface area contributed by atoms with Crippen molar-refractivity contribution >= 4 is 22.8 Å². The summed E-state index contributed by atoms with van der Waals surface area (Å²) in [6.45, 7) is 6.54. The van der Waals surface area contributed by atoms with E-state index in [1.54, 1.807) is 0 Å². The lowest BCUT2D eigenvalue weighted by molar-refractivity contribution is 0.564. The predicted octanol–water partition coefficient (Wildman–Crippen LogP) is 3.93. The number of aromatic nitrogens is 1. The molecule has 1 aromatic carbocycles. The number of nitrogens with zero attached hydrogens (tertiary/aromatic N) is 1. The molecule has 2 aliphatic rings. The minimum Gasteiger partial charge on any atom is -0.361 e. The second kappa shape index (κ2) is 4.10. The van der Waals surface area contributed by atoms with Crippen LogP contribution in [0.3, 0.4) is 0 Å². The van der Waals surface area contributed by atoms with Crippen molar-refractivity contribution in [3.8, 4) is 0 Å². The molecule has 1 unspecified atom stereocenters. The number of rotatable bonds is 1. The summed E-state index contributed by atoms with van der Waals surface area (Å²) in [4.78, 5) is 7.97. The molecule has 106 valence electrons. The topological polar surface area (TPSA) is 40.2 Å². The minimum absolute atomic E-state index is 0.138. The number of hydrogen-bond acceptors (Lipinski definition) is 2. The molecule has 2 N–H and O–H groups in total. The van der Waals surface area contributed by atoms with Gasteiger partial charge in [0, 0.05) is 22.7 Å². The van der Waals surface area contributed by atoms with E-state index in [1.165, 1.54) is 38.9 Å². The molecular formula is C18H19N3. The highest BCUT2D eigenvalue weighted by molar-refractivity contribution is 5.99. The maximum atomic E-state index is 4.64. The van der Waals surface area contributed by atoms with Crippen LogP contribution < -0.4 is 5.32 Å². The van der Waals surface area contributed by atoms with Crippen LogP contribution in [-0.4, -0.2) is 16.9 Å². The van der Waals surface area contributed by atoms with Crippen molar-refractivity contribution in [2.45, 2.75) is 32.7 Å². The molecule has 0 saturated carbocycles. The van der Waals surface area contributed by atoms with E-state index in [-0.39, 0.29) is 5.54 Å². The van der Waals surface area contributed by atoms with E-state index in [1.807, 2.05) is 12.5 Å². The monoisotopic (exact) mass is 277 g/mol. The van der Waals surface area contributed by atoms with Gasteiger partial charge in [-0.3, -0.25) is 4.99 Å². The second-order valence-corrected chi connectivity index (χ2v) is 6.27. The maximum Gasteiger partial charge on any atom is 0.103 e. The summed E-state index contributed by atoms with van der Waals surface area (Å²) in [5.74, 6) is 0. The molecule has 1 atom stereocenters. The van der Waals surface area contributed by atoms with E-state index < -0.39 is 0 Å². The van der Waals surface area contributed by atoms with Crippen molar-refractivity contribution in [3.05, 3.63) is 52.9 Å². The van der Waals surface area contributed by atoms with E-state index in [9.17, 15) is 0 Å². The molecular weight excluding hydrogens is 258 g/mol. The fourth-order valence-corrected chi connectivity index (χ4v) is 3.47. The summed E-state index contributed by atoms with van der Waals surface area (Å²) in [5.41, 5.74) is 7.48.